The third-order valence-electron chi connectivity index (χ3n) is 4.20. The van der Waals surface area contributed by atoms with Gasteiger partial charge in [0.25, 0.3) is 0 Å². The first-order valence-corrected chi connectivity index (χ1v) is 9.78. The fourth-order valence-corrected chi connectivity index (χ4v) is 3.35. The minimum Gasteiger partial charge on any atom is -0.461 e. The van der Waals surface area contributed by atoms with Crippen LogP contribution < -0.4 is 0 Å². The van der Waals surface area contributed by atoms with Gasteiger partial charge in [-0.05, 0) is 44.7 Å². The SMILES string of the molecule is CSc1ccc2cc(COC(=O)CCc3c(C)noc3C)c(Cl)nc2c1. The number of hydrogen-bond donors (Lipinski definition) is 0. The van der Waals surface area contributed by atoms with Gasteiger partial charge in [0.1, 0.15) is 17.5 Å². The van der Waals surface area contributed by atoms with Gasteiger partial charge in [0.15, 0.2) is 0 Å². The van der Waals surface area contributed by atoms with Crippen LogP contribution in [0.5, 0.6) is 0 Å². The Labute approximate surface area is 161 Å². The molecule has 0 aliphatic carbocycles. The van der Waals surface area contributed by atoms with Gasteiger partial charge in [-0.25, -0.2) is 4.98 Å². The number of fused-ring (bicyclic) bond motifs is 1. The van der Waals surface area contributed by atoms with E-state index in [1.807, 2.05) is 44.4 Å². The summed E-state index contributed by atoms with van der Waals surface area (Å²) < 4.78 is 10.5. The molecule has 0 atom stereocenters. The predicted octanol–water partition coefficient (Wildman–Crippen LogP) is 4.89. The Morgan fingerprint density at radius 1 is 1.31 bits per heavy atom. The Kier molecular flexibility index (Phi) is 5.84. The molecule has 0 unspecified atom stereocenters. The van der Waals surface area contributed by atoms with Crippen molar-refractivity contribution < 1.29 is 14.1 Å². The molecule has 0 N–H and O–H groups in total. The zero-order valence-electron chi connectivity index (χ0n) is 14.8. The minimum absolute atomic E-state index is 0.104. The van der Waals surface area contributed by atoms with Crippen LogP contribution >= 0.6 is 23.4 Å². The monoisotopic (exact) mass is 390 g/mol. The van der Waals surface area contributed by atoms with Gasteiger partial charge in [0, 0.05) is 27.8 Å². The number of aromatic nitrogens is 2. The molecule has 0 aliphatic rings. The minimum atomic E-state index is -0.293. The van der Waals surface area contributed by atoms with Crippen LogP contribution in [0, 0.1) is 13.8 Å². The van der Waals surface area contributed by atoms with Gasteiger partial charge in [0.05, 0.1) is 11.2 Å². The molecular weight excluding hydrogens is 372 g/mol. The quantitative estimate of drug-likeness (QED) is 0.339. The number of hydrogen-bond acceptors (Lipinski definition) is 6. The van der Waals surface area contributed by atoms with Gasteiger partial charge in [-0.15, -0.1) is 11.8 Å². The Morgan fingerprint density at radius 2 is 2.12 bits per heavy atom. The van der Waals surface area contributed by atoms with E-state index in [-0.39, 0.29) is 19.0 Å². The molecule has 0 bridgehead atoms. The molecule has 2 aromatic heterocycles. The number of carbonyl (C=O) groups excluding carboxylic acids is 1. The Hall–Kier alpha value is -2.05. The second kappa shape index (κ2) is 8.10. The van der Waals surface area contributed by atoms with Crippen molar-refractivity contribution in [3.05, 3.63) is 52.0 Å². The zero-order valence-corrected chi connectivity index (χ0v) is 16.4. The molecule has 0 spiro atoms. The van der Waals surface area contributed by atoms with E-state index in [2.05, 4.69) is 10.1 Å². The lowest BCUT2D eigenvalue weighted by atomic mass is 10.1. The molecule has 26 heavy (non-hydrogen) atoms. The molecule has 5 nitrogen and oxygen atoms in total. The van der Waals surface area contributed by atoms with Gasteiger partial charge in [-0.3, -0.25) is 4.79 Å². The molecule has 3 aromatic rings. The Balaban J connectivity index is 1.63. The average Bonchev–Trinajstić information content (AvgIpc) is 2.95. The predicted molar refractivity (Wildman–Crippen MR) is 103 cm³/mol. The summed E-state index contributed by atoms with van der Waals surface area (Å²) in [5.41, 5.74) is 3.29. The van der Waals surface area contributed by atoms with Crippen molar-refractivity contribution >= 4 is 40.2 Å². The second-order valence-corrected chi connectivity index (χ2v) is 7.20. The topological polar surface area (TPSA) is 65.2 Å². The molecule has 2 heterocycles. The van der Waals surface area contributed by atoms with Crippen molar-refractivity contribution in [1.82, 2.24) is 10.1 Å². The number of carbonyl (C=O) groups is 1. The molecule has 136 valence electrons. The Morgan fingerprint density at radius 3 is 2.81 bits per heavy atom. The normalized spacial score (nSPS) is 11.1. The highest BCUT2D eigenvalue weighted by Gasteiger charge is 2.13. The molecule has 7 heteroatoms. The molecule has 0 fully saturated rings. The first-order chi connectivity index (χ1) is 12.5. The molecule has 1 aromatic carbocycles. The molecule has 0 aliphatic heterocycles. The van der Waals surface area contributed by atoms with Crippen LogP contribution in [0.4, 0.5) is 0 Å². The van der Waals surface area contributed by atoms with Crippen molar-refractivity contribution in [1.29, 1.82) is 0 Å². The van der Waals surface area contributed by atoms with E-state index in [1.165, 1.54) is 0 Å². The highest BCUT2D eigenvalue weighted by molar-refractivity contribution is 7.98. The summed E-state index contributed by atoms with van der Waals surface area (Å²) in [7, 11) is 0. The van der Waals surface area contributed by atoms with Crippen LogP contribution in [0.1, 0.15) is 29.0 Å². The summed E-state index contributed by atoms with van der Waals surface area (Å²) in [6, 6.07) is 7.93. The lowest BCUT2D eigenvalue weighted by Gasteiger charge is -2.08. The summed E-state index contributed by atoms with van der Waals surface area (Å²) in [6.45, 7) is 3.80. The third-order valence-corrected chi connectivity index (χ3v) is 5.25. The van der Waals surface area contributed by atoms with Crippen molar-refractivity contribution in [2.45, 2.75) is 38.2 Å². The second-order valence-electron chi connectivity index (χ2n) is 5.96. The van der Waals surface area contributed by atoms with Gasteiger partial charge in [-0.2, -0.15) is 0 Å². The van der Waals surface area contributed by atoms with Crippen LogP contribution in [0.15, 0.2) is 33.7 Å². The first-order valence-electron chi connectivity index (χ1n) is 8.18. The Bertz CT molecular complexity index is 936. The maximum absolute atomic E-state index is 12.1. The van der Waals surface area contributed by atoms with Crippen LogP contribution in [-0.4, -0.2) is 22.4 Å². The number of thioether (sulfide) groups is 1. The van der Waals surface area contributed by atoms with Crippen LogP contribution in [-0.2, 0) is 22.6 Å². The maximum atomic E-state index is 12.1. The van der Waals surface area contributed by atoms with Crippen LogP contribution in [0.25, 0.3) is 10.9 Å². The van der Waals surface area contributed by atoms with Crippen LogP contribution in [0.2, 0.25) is 5.15 Å². The number of nitrogens with zero attached hydrogens (tertiary/aromatic N) is 2. The number of aryl methyl sites for hydroxylation is 2. The fourth-order valence-electron chi connectivity index (χ4n) is 2.71. The van der Waals surface area contributed by atoms with E-state index in [1.54, 1.807) is 11.8 Å². The van der Waals surface area contributed by atoms with E-state index in [0.29, 0.717) is 17.1 Å². The molecule has 0 radical (unpaired) electrons. The van der Waals surface area contributed by atoms with Gasteiger partial charge < -0.3 is 9.26 Å². The van der Waals surface area contributed by atoms with Gasteiger partial charge in [-0.1, -0.05) is 22.8 Å². The number of halogens is 1. The number of benzene rings is 1. The number of rotatable bonds is 6. The molecule has 3 rings (SSSR count). The van der Waals surface area contributed by atoms with E-state index in [4.69, 9.17) is 20.9 Å². The van der Waals surface area contributed by atoms with Crippen molar-refractivity contribution in [2.75, 3.05) is 6.26 Å². The number of ether oxygens (including phenoxy) is 1. The summed E-state index contributed by atoms with van der Waals surface area (Å²) >= 11 is 7.90. The smallest absolute Gasteiger partial charge is 0.306 e. The summed E-state index contributed by atoms with van der Waals surface area (Å²) in [5, 5.41) is 5.21. The fraction of sp³-hybridized carbons (Fsp3) is 0.316. The highest BCUT2D eigenvalue weighted by Crippen LogP contribution is 2.25. The molecule has 0 saturated carbocycles. The lowest BCUT2D eigenvalue weighted by molar-refractivity contribution is -0.144. The van der Waals surface area contributed by atoms with Crippen LogP contribution in [0.3, 0.4) is 0 Å². The zero-order chi connectivity index (χ0) is 18.7. The summed E-state index contributed by atoms with van der Waals surface area (Å²) in [6.07, 6.45) is 2.82. The van der Waals surface area contributed by atoms with Gasteiger partial charge >= 0.3 is 5.97 Å². The molecule has 0 amide bonds. The first kappa shape index (κ1) is 18.7. The summed E-state index contributed by atoms with van der Waals surface area (Å²) in [5.74, 6) is 0.445. The standard InChI is InChI=1S/C19H19ClN2O3S/c1-11-16(12(2)25-22-11)6-7-18(23)24-10-14-8-13-4-5-15(26-3)9-17(13)21-19(14)20/h4-5,8-9H,6-7,10H2,1-3H3. The maximum Gasteiger partial charge on any atom is 0.306 e. The van der Waals surface area contributed by atoms with E-state index in [0.717, 1.165) is 32.8 Å². The van der Waals surface area contributed by atoms with Gasteiger partial charge in [0.2, 0.25) is 0 Å². The average molecular weight is 391 g/mol. The molecule has 0 saturated heterocycles. The van der Waals surface area contributed by atoms with Crippen molar-refractivity contribution in [3.63, 3.8) is 0 Å². The van der Waals surface area contributed by atoms with E-state index in [9.17, 15) is 4.79 Å². The summed E-state index contributed by atoms with van der Waals surface area (Å²) in [4.78, 5) is 17.6. The number of esters is 1. The molecular formula is C19H19ClN2O3S. The van der Waals surface area contributed by atoms with Crippen molar-refractivity contribution in [2.24, 2.45) is 0 Å². The lowest BCUT2D eigenvalue weighted by Crippen LogP contribution is -2.07. The van der Waals surface area contributed by atoms with Crippen molar-refractivity contribution in [3.8, 4) is 0 Å². The van der Waals surface area contributed by atoms with E-state index >= 15 is 0 Å². The third kappa shape index (κ3) is 4.19. The van der Waals surface area contributed by atoms with E-state index < -0.39 is 0 Å². The highest BCUT2D eigenvalue weighted by atomic mass is 35.5. The number of pyridine rings is 1. The largest absolute Gasteiger partial charge is 0.461 e.